The fourth-order valence-corrected chi connectivity index (χ4v) is 3.48. The SMILES string of the molecule is Cc1ccc(OCC(C)NC(=O)CN(c2ccc(C)c(C)c2)S(C)(=O)=O)cc1. The molecule has 0 aliphatic rings. The second-order valence-electron chi connectivity index (χ2n) is 7.13. The Balaban J connectivity index is 1.99. The maximum absolute atomic E-state index is 12.4. The third-order valence-electron chi connectivity index (χ3n) is 4.39. The molecule has 0 heterocycles. The third kappa shape index (κ3) is 6.27. The highest BCUT2D eigenvalue weighted by Gasteiger charge is 2.22. The van der Waals surface area contributed by atoms with Gasteiger partial charge in [-0.1, -0.05) is 23.8 Å². The first-order valence-corrected chi connectivity index (χ1v) is 10.9. The van der Waals surface area contributed by atoms with E-state index in [4.69, 9.17) is 4.74 Å². The van der Waals surface area contributed by atoms with Gasteiger partial charge in [-0.3, -0.25) is 9.10 Å². The fraction of sp³-hybridized carbons (Fsp3) is 0.381. The molecule has 1 N–H and O–H groups in total. The number of carbonyl (C=O) groups is 1. The highest BCUT2D eigenvalue weighted by molar-refractivity contribution is 7.92. The van der Waals surface area contributed by atoms with Gasteiger partial charge in [0.1, 0.15) is 18.9 Å². The predicted octanol–water partition coefficient (Wildman–Crippen LogP) is 2.96. The van der Waals surface area contributed by atoms with Gasteiger partial charge in [0.25, 0.3) is 0 Å². The lowest BCUT2D eigenvalue weighted by Crippen LogP contribution is -2.44. The van der Waals surface area contributed by atoms with E-state index in [1.807, 2.05) is 58.0 Å². The van der Waals surface area contributed by atoms with Gasteiger partial charge < -0.3 is 10.1 Å². The van der Waals surface area contributed by atoms with Crippen molar-refractivity contribution >= 4 is 21.6 Å². The summed E-state index contributed by atoms with van der Waals surface area (Å²) in [7, 11) is -3.60. The summed E-state index contributed by atoms with van der Waals surface area (Å²) >= 11 is 0. The number of sulfonamides is 1. The summed E-state index contributed by atoms with van der Waals surface area (Å²) in [5.41, 5.74) is 3.64. The molecular weight excluding hydrogens is 376 g/mol. The van der Waals surface area contributed by atoms with Crippen LogP contribution in [0.1, 0.15) is 23.6 Å². The molecule has 0 fully saturated rings. The van der Waals surface area contributed by atoms with E-state index in [-0.39, 0.29) is 25.1 Å². The molecule has 0 spiro atoms. The molecule has 6 nitrogen and oxygen atoms in total. The molecule has 2 aromatic carbocycles. The molecular formula is C21H28N2O4S. The fourth-order valence-electron chi connectivity index (χ4n) is 2.63. The molecule has 0 radical (unpaired) electrons. The average Bonchev–Trinajstić information content (AvgIpc) is 2.61. The van der Waals surface area contributed by atoms with E-state index < -0.39 is 10.0 Å². The average molecular weight is 405 g/mol. The molecule has 152 valence electrons. The van der Waals surface area contributed by atoms with Crippen LogP contribution in [0.3, 0.4) is 0 Å². The first-order chi connectivity index (χ1) is 13.1. The van der Waals surface area contributed by atoms with E-state index in [0.29, 0.717) is 5.69 Å². The summed E-state index contributed by atoms with van der Waals surface area (Å²) in [4.78, 5) is 12.4. The van der Waals surface area contributed by atoms with Gasteiger partial charge >= 0.3 is 0 Å². The van der Waals surface area contributed by atoms with Crippen LogP contribution in [-0.4, -0.2) is 39.8 Å². The maximum atomic E-state index is 12.4. The molecule has 7 heteroatoms. The third-order valence-corrected chi connectivity index (χ3v) is 5.53. The van der Waals surface area contributed by atoms with Crippen molar-refractivity contribution in [1.29, 1.82) is 0 Å². The number of hydrogen-bond acceptors (Lipinski definition) is 4. The smallest absolute Gasteiger partial charge is 0.241 e. The second kappa shape index (κ2) is 9.10. The van der Waals surface area contributed by atoms with Gasteiger partial charge in [-0.25, -0.2) is 8.42 Å². The number of amides is 1. The number of carbonyl (C=O) groups excluding carboxylic acids is 1. The molecule has 1 atom stereocenters. The number of hydrogen-bond donors (Lipinski definition) is 1. The first-order valence-electron chi connectivity index (χ1n) is 9.10. The van der Waals surface area contributed by atoms with Crippen molar-refractivity contribution < 1.29 is 17.9 Å². The predicted molar refractivity (Wildman–Crippen MR) is 112 cm³/mol. The summed E-state index contributed by atoms with van der Waals surface area (Å²) in [6, 6.07) is 12.7. The van der Waals surface area contributed by atoms with Crippen molar-refractivity contribution in [2.45, 2.75) is 33.7 Å². The van der Waals surface area contributed by atoms with Gasteiger partial charge in [-0.2, -0.15) is 0 Å². The second-order valence-corrected chi connectivity index (χ2v) is 9.04. The van der Waals surface area contributed by atoms with Crippen LogP contribution in [0.5, 0.6) is 5.75 Å². The minimum Gasteiger partial charge on any atom is -0.491 e. The van der Waals surface area contributed by atoms with Crippen LogP contribution in [-0.2, 0) is 14.8 Å². The Morgan fingerprint density at radius 3 is 2.29 bits per heavy atom. The van der Waals surface area contributed by atoms with Crippen LogP contribution in [0, 0.1) is 20.8 Å². The van der Waals surface area contributed by atoms with E-state index in [9.17, 15) is 13.2 Å². The molecule has 0 bridgehead atoms. The van der Waals surface area contributed by atoms with Crippen LogP contribution in [0.4, 0.5) is 5.69 Å². The topological polar surface area (TPSA) is 75.7 Å². The van der Waals surface area contributed by atoms with Gasteiger partial charge in [-0.15, -0.1) is 0 Å². The largest absolute Gasteiger partial charge is 0.491 e. The highest BCUT2D eigenvalue weighted by atomic mass is 32.2. The quantitative estimate of drug-likeness (QED) is 0.734. The van der Waals surface area contributed by atoms with Crippen molar-refractivity contribution in [2.24, 2.45) is 0 Å². The zero-order valence-corrected chi connectivity index (χ0v) is 17.8. The highest BCUT2D eigenvalue weighted by Crippen LogP contribution is 2.21. The van der Waals surface area contributed by atoms with E-state index in [2.05, 4.69) is 5.32 Å². The Hall–Kier alpha value is -2.54. The normalized spacial score (nSPS) is 12.3. The Bertz CT molecular complexity index is 924. The van der Waals surface area contributed by atoms with Gasteiger partial charge in [0.05, 0.1) is 18.0 Å². The Morgan fingerprint density at radius 1 is 1.07 bits per heavy atom. The van der Waals surface area contributed by atoms with Crippen LogP contribution in [0.15, 0.2) is 42.5 Å². The Morgan fingerprint density at radius 2 is 1.71 bits per heavy atom. The maximum Gasteiger partial charge on any atom is 0.241 e. The van der Waals surface area contributed by atoms with E-state index >= 15 is 0 Å². The van der Waals surface area contributed by atoms with Gasteiger partial charge in [0.15, 0.2) is 0 Å². The van der Waals surface area contributed by atoms with Crippen molar-refractivity contribution in [1.82, 2.24) is 5.32 Å². The number of nitrogens with zero attached hydrogens (tertiary/aromatic N) is 1. The molecule has 1 unspecified atom stereocenters. The van der Waals surface area contributed by atoms with Crippen LogP contribution < -0.4 is 14.4 Å². The number of anilines is 1. The van der Waals surface area contributed by atoms with E-state index in [1.54, 1.807) is 12.1 Å². The molecule has 0 saturated carbocycles. The summed E-state index contributed by atoms with van der Waals surface area (Å²) in [6.07, 6.45) is 1.10. The van der Waals surface area contributed by atoms with Crippen molar-refractivity contribution in [2.75, 3.05) is 23.7 Å². The zero-order chi connectivity index (χ0) is 20.9. The van der Waals surface area contributed by atoms with E-state index in [1.165, 1.54) is 0 Å². The summed E-state index contributed by atoms with van der Waals surface area (Å²) in [5, 5.41) is 2.79. The van der Waals surface area contributed by atoms with Crippen LogP contribution >= 0.6 is 0 Å². The molecule has 2 aromatic rings. The van der Waals surface area contributed by atoms with Crippen LogP contribution in [0.25, 0.3) is 0 Å². The van der Waals surface area contributed by atoms with Gasteiger partial charge in [-0.05, 0) is 63.1 Å². The Kier molecular flexibility index (Phi) is 7.07. The lowest BCUT2D eigenvalue weighted by Gasteiger charge is -2.24. The molecule has 0 aliphatic heterocycles. The van der Waals surface area contributed by atoms with E-state index in [0.717, 1.165) is 33.0 Å². The first kappa shape index (κ1) is 21.8. The number of nitrogens with one attached hydrogen (secondary N) is 1. The minimum atomic E-state index is -3.60. The molecule has 0 aliphatic carbocycles. The number of ether oxygens (including phenoxy) is 1. The standard InChI is InChI=1S/C21H28N2O4S/c1-15-6-10-20(11-7-15)27-14-18(4)22-21(24)13-23(28(5,25)26)19-9-8-16(2)17(3)12-19/h6-12,18H,13-14H2,1-5H3,(H,22,24). The lowest BCUT2D eigenvalue weighted by molar-refractivity contribution is -0.120. The number of aryl methyl sites for hydroxylation is 3. The molecule has 0 saturated heterocycles. The number of rotatable bonds is 8. The summed E-state index contributed by atoms with van der Waals surface area (Å²) < 4.78 is 31.2. The Labute approximate surface area is 167 Å². The van der Waals surface area contributed by atoms with Gasteiger partial charge in [0.2, 0.25) is 15.9 Å². The minimum absolute atomic E-state index is 0.269. The molecule has 28 heavy (non-hydrogen) atoms. The van der Waals surface area contributed by atoms with Crippen molar-refractivity contribution in [3.63, 3.8) is 0 Å². The monoisotopic (exact) mass is 404 g/mol. The molecule has 2 rings (SSSR count). The van der Waals surface area contributed by atoms with Gasteiger partial charge in [0, 0.05) is 0 Å². The van der Waals surface area contributed by atoms with Crippen molar-refractivity contribution in [3.8, 4) is 5.75 Å². The van der Waals surface area contributed by atoms with Crippen LogP contribution in [0.2, 0.25) is 0 Å². The summed E-state index contributed by atoms with van der Waals surface area (Å²) in [6.45, 7) is 7.67. The molecule has 0 aromatic heterocycles. The lowest BCUT2D eigenvalue weighted by atomic mass is 10.1. The zero-order valence-electron chi connectivity index (χ0n) is 17.0. The summed E-state index contributed by atoms with van der Waals surface area (Å²) in [5.74, 6) is 0.336. The molecule has 1 amide bonds. The van der Waals surface area contributed by atoms with Crippen molar-refractivity contribution in [3.05, 3.63) is 59.2 Å². The number of benzene rings is 2.